The molecule has 0 saturated heterocycles. The molecule has 4 nitrogen and oxygen atoms in total. The lowest BCUT2D eigenvalue weighted by molar-refractivity contribution is 0.0926. The third-order valence-corrected chi connectivity index (χ3v) is 3.31. The molecule has 1 aliphatic heterocycles. The van der Waals surface area contributed by atoms with Gasteiger partial charge in [-0.05, 0) is 48.9 Å². The van der Waals surface area contributed by atoms with Crippen LogP contribution in [0.4, 0.5) is 15.8 Å². The molecule has 5 heteroatoms. The first-order chi connectivity index (χ1) is 9.49. The number of carbonyl (C=O) groups excluding carboxylic acids is 2. The number of nitrogens with zero attached hydrogens (tertiary/aromatic N) is 1. The van der Waals surface area contributed by atoms with Gasteiger partial charge in [0.2, 0.25) is 0 Å². The van der Waals surface area contributed by atoms with Gasteiger partial charge in [-0.1, -0.05) is 0 Å². The maximum absolute atomic E-state index is 13.2. The van der Waals surface area contributed by atoms with Crippen LogP contribution in [0.2, 0.25) is 0 Å². The van der Waals surface area contributed by atoms with E-state index in [1.54, 1.807) is 25.1 Å². The number of carbonyl (C=O) groups is 2. The Balaban J connectivity index is 2.14. The lowest BCUT2D eigenvalue weighted by atomic mass is 10.1. The number of rotatable bonds is 1. The van der Waals surface area contributed by atoms with Crippen LogP contribution >= 0.6 is 0 Å². The van der Waals surface area contributed by atoms with Gasteiger partial charge < -0.3 is 5.73 Å². The molecule has 2 amide bonds. The maximum atomic E-state index is 13.2. The lowest BCUT2D eigenvalue weighted by Crippen LogP contribution is -2.30. The van der Waals surface area contributed by atoms with Crippen molar-refractivity contribution in [3.05, 3.63) is 58.9 Å². The average molecular weight is 270 g/mol. The van der Waals surface area contributed by atoms with Crippen LogP contribution in [0, 0.1) is 12.7 Å². The van der Waals surface area contributed by atoms with Gasteiger partial charge in [0.25, 0.3) is 11.8 Å². The van der Waals surface area contributed by atoms with E-state index in [-0.39, 0.29) is 11.1 Å². The average Bonchev–Trinajstić information content (AvgIpc) is 2.63. The molecule has 0 bridgehead atoms. The van der Waals surface area contributed by atoms with E-state index in [0.29, 0.717) is 16.9 Å². The van der Waals surface area contributed by atoms with Crippen LogP contribution in [0.3, 0.4) is 0 Å². The zero-order valence-corrected chi connectivity index (χ0v) is 10.7. The van der Waals surface area contributed by atoms with Crippen molar-refractivity contribution < 1.29 is 14.0 Å². The van der Waals surface area contributed by atoms with Crippen molar-refractivity contribution in [1.82, 2.24) is 0 Å². The number of imide groups is 1. The van der Waals surface area contributed by atoms with E-state index in [1.165, 1.54) is 12.1 Å². The predicted octanol–water partition coefficient (Wildman–Crippen LogP) is 2.52. The van der Waals surface area contributed by atoms with Crippen molar-refractivity contribution in [3.63, 3.8) is 0 Å². The summed E-state index contributed by atoms with van der Waals surface area (Å²) in [4.78, 5) is 25.7. The topological polar surface area (TPSA) is 63.4 Å². The second-order valence-electron chi connectivity index (χ2n) is 4.68. The normalized spacial score (nSPS) is 13.8. The molecule has 0 atom stereocenters. The zero-order chi connectivity index (χ0) is 14.4. The molecule has 3 rings (SSSR count). The Labute approximate surface area is 114 Å². The Kier molecular flexibility index (Phi) is 2.57. The molecule has 20 heavy (non-hydrogen) atoms. The molecule has 1 heterocycles. The minimum atomic E-state index is -0.541. The van der Waals surface area contributed by atoms with Gasteiger partial charge >= 0.3 is 0 Å². The Morgan fingerprint density at radius 2 is 1.70 bits per heavy atom. The van der Waals surface area contributed by atoms with E-state index in [1.807, 2.05) is 0 Å². The fraction of sp³-hybridized carbons (Fsp3) is 0.0667. The van der Waals surface area contributed by atoms with Crippen LogP contribution < -0.4 is 10.6 Å². The van der Waals surface area contributed by atoms with Crippen molar-refractivity contribution in [2.45, 2.75) is 6.92 Å². The van der Waals surface area contributed by atoms with Gasteiger partial charge in [0.05, 0.1) is 16.8 Å². The van der Waals surface area contributed by atoms with Crippen molar-refractivity contribution >= 4 is 23.2 Å². The maximum Gasteiger partial charge on any atom is 0.266 e. The van der Waals surface area contributed by atoms with Gasteiger partial charge in [-0.2, -0.15) is 0 Å². The van der Waals surface area contributed by atoms with Crippen LogP contribution in [-0.4, -0.2) is 11.8 Å². The third-order valence-electron chi connectivity index (χ3n) is 3.31. The van der Waals surface area contributed by atoms with Gasteiger partial charge in [-0.15, -0.1) is 0 Å². The van der Waals surface area contributed by atoms with Crippen LogP contribution in [0.5, 0.6) is 0 Å². The van der Waals surface area contributed by atoms with Gasteiger partial charge in [-0.3, -0.25) is 9.59 Å². The molecule has 0 aromatic heterocycles. The highest BCUT2D eigenvalue weighted by Gasteiger charge is 2.37. The summed E-state index contributed by atoms with van der Waals surface area (Å²) in [6, 6.07) is 8.50. The molecule has 0 aliphatic carbocycles. The molecule has 100 valence electrons. The number of fused-ring (bicyclic) bond motifs is 1. The number of hydrogen-bond donors (Lipinski definition) is 1. The number of amides is 2. The van der Waals surface area contributed by atoms with E-state index in [0.717, 1.165) is 11.0 Å². The Morgan fingerprint density at radius 1 is 1.00 bits per heavy atom. The number of hydrogen-bond acceptors (Lipinski definition) is 3. The van der Waals surface area contributed by atoms with E-state index in [2.05, 4.69) is 0 Å². The Hall–Kier alpha value is -2.69. The summed E-state index contributed by atoms with van der Waals surface area (Å²) in [6.45, 7) is 1.76. The largest absolute Gasteiger partial charge is 0.399 e. The van der Waals surface area contributed by atoms with Crippen molar-refractivity contribution in [2.24, 2.45) is 0 Å². The first-order valence-electron chi connectivity index (χ1n) is 6.03. The second-order valence-corrected chi connectivity index (χ2v) is 4.68. The van der Waals surface area contributed by atoms with Crippen LogP contribution in [0.25, 0.3) is 0 Å². The molecular weight excluding hydrogens is 259 g/mol. The lowest BCUT2D eigenvalue weighted by Gasteiger charge is -2.16. The summed E-state index contributed by atoms with van der Waals surface area (Å²) in [5, 5.41) is 0. The number of benzene rings is 2. The van der Waals surface area contributed by atoms with Gasteiger partial charge in [0.1, 0.15) is 5.82 Å². The van der Waals surface area contributed by atoms with Gasteiger partial charge in [0, 0.05) is 5.69 Å². The highest BCUT2D eigenvalue weighted by Crippen LogP contribution is 2.31. The number of anilines is 2. The zero-order valence-electron chi connectivity index (χ0n) is 10.7. The monoisotopic (exact) mass is 270 g/mol. The quantitative estimate of drug-likeness (QED) is 0.639. The van der Waals surface area contributed by atoms with Crippen molar-refractivity contribution in [2.75, 3.05) is 10.6 Å². The Bertz CT molecular complexity index is 756. The van der Waals surface area contributed by atoms with Crippen LogP contribution in [-0.2, 0) is 0 Å². The second kappa shape index (κ2) is 4.16. The molecule has 0 spiro atoms. The SMILES string of the molecule is Cc1cc(N)ccc1N1C(=O)c2ccc(F)cc2C1=O. The third kappa shape index (κ3) is 1.67. The molecule has 2 aromatic rings. The van der Waals surface area contributed by atoms with E-state index in [9.17, 15) is 14.0 Å². The molecule has 2 aromatic carbocycles. The van der Waals surface area contributed by atoms with Crippen molar-refractivity contribution in [3.8, 4) is 0 Å². The van der Waals surface area contributed by atoms with E-state index in [4.69, 9.17) is 5.73 Å². The fourth-order valence-electron chi connectivity index (χ4n) is 2.36. The summed E-state index contributed by atoms with van der Waals surface area (Å²) >= 11 is 0. The summed E-state index contributed by atoms with van der Waals surface area (Å²) < 4.78 is 13.2. The van der Waals surface area contributed by atoms with Crippen molar-refractivity contribution in [1.29, 1.82) is 0 Å². The first kappa shape index (κ1) is 12.3. The highest BCUT2D eigenvalue weighted by atomic mass is 19.1. The molecule has 0 saturated carbocycles. The number of nitrogens with two attached hydrogens (primary N) is 1. The minimum absolute atomic E-state index is 0.0891. The van der Waals surface area contributed by atoms with Gasteiger partial charge in [0.15, 0.2) is 0 Å². The molecule has 0 unspecified atom stereocenters. The standard InChI is InChI=1S/C15H11FN2O2/c1-8-6-10(17)3-5-13(8)18-14(19)11-4-2-9(16)7-12(11)15(18)20/h2-7H,17H2,1H3. The predicted molar refractivity (Wildman–Crippen MR) is 73.1 cm³/mol. The fourth-order valence-corrected chi connectivity index (χ4v) is 2.36. The summed E-state index contributed by atoms with van der Waals surface area (Å²) in [5.74, 6) is -1.50. The molecule has 2 N–H and O–H groups in total. The first-order valence-corrected chi connectivity index (χ1v) is 6.03. The molecular formula is C15H11FN2O2. The van der Waals surface area contributed by atoms with E-state index < -0.39 is 17.6 Å². The number of aryl methyl sites for hydroxylation is 1. The number of halogens is 1. The molecule has 0 radical (unpaired) electrons. The molecule has 1 aliphatic rings. The van der Waals surface area contributed by atoms with Crippen LogP contribution in [0.1, 0.15) is 26.3 Å². The Morgan fingerprint density at radius 3 is 2.40 bits per heavy atom. The highest BCUT2D eigenvalue weighted by molar-refractivity contribution is 6.34. The summed E-state index contributed by atoms with van der Waals surface area (Å²) in [7, 11) is 0. The molecule has 0 fully saturated rings. The number of nitrogen functional groups attached to an aromatic ring is 1. The summed E-state index contributed by atoms with van der Waals surface area (Å²) in [5.41, 5.74) is 7.69. The van der Waals surface area contributed by atoms with E-state index >= 15 is 0 Å². The van der Waals surface area contributed by atoms with Crippen LogP contribution in [0.15, 0.2) is 36.4 Å². The summed E-state index contributed by atoms with van der Waals surface area (Å²) in [6.07, 6.45) is 0. The minimum Gasteiger partial charge on any atom is -0.399 e. The smallest absolute Gasteiger partial charge is 0.266 e. The van der Waals surface area contributed by atoms with Gasteiger partial charge in [-0.25, -0.2) is 9.29 Å².